The molecule has 0 aromatic heterocycles. The first-order valence-electron chi connectivity index (χ1n) is 6.87. The third-order valence-corrected chi connectivity index (χ3v) is 2.65. The normalized spacial score (nSPS) is 13.8. The summed E-state index contributed by atoms with van der Waals surface area (Å²) in [6, 6.07) is 0.143. The van der Waals surface area contributed by atoms with Gasteiger partial charge in [0.25, 0.3) is 0 Å². The van der Waals surface area contributed by atoms with Crippen LogP contribution in [0.5, 0.6) is 0 Å². The van der Waals surface area contributed by atoms with E-state index in [1.807, 2.05) is 13.8 Å². The Hall–Kier alpha value is -0.290. The van der Waals surface area contributed by atoms with Crippen molar-refractivity contribution >= 4 is 0 Å². The lowest BCUT2D eigenvalue weighted by atomic mass is 10.1. The molecule has 2 nitrogen and oxygen atoms in total. The summed E-state index contributed by atoms with van der Waals surface area (Å²) in [5, 5.41) is 3.29. The van der Waals surface area contributed by atoms with Gasteiger partial charge in [-0.2, -0.15) is 13.2 Å². The Balaban J connectivity index is 3.76. The fourth-order valence-electron chi connectivity index (χ4n) is 1.72. The van der Waals surface area contributed by atoms with Crippen molar-refractivity contribution in [2.24, 2.45) is 0 Å². The molecule has 0 aromatic rings. The van der Waals surface area contributed by atoms with Crippen LogP contribution in [0.3, 0.4) is 0 Å². The molecule has 0 aliphatic heterocycles. The molecule has 0 amide bonds. The minimum atomic E-state index is -4.03. The van der Waals surface area contributed by atoms with Gasteiger partial charge >= 0.3 is 6.18 Å². The zero-order valence-electron chi connectivity index (χ0n) is 11.5. The first-order chi connectivity index (χ1) is 8.49. The highest BCUT2D eigenvalue weighted by Crippen LogP contribution is 2.23. The highest BCUT2D eigenvalue weighted by atomic mass is 19.4. The van der Waals surface area contributed by atoms with E-state index < -0.39 is 12.6 Å². The van der Waals surface area contributed by atoms with Crippen LogP contribution in [0.15, 0.2) is 0 Å². The van der Waals surface area contributed by atoms with Gasteiger partial charge in [-0.15, -0.1) is 0 Å². The Morgan fingerprint density at radius 2 is 1.78 bits per heavy atom. The predicted molar refractivity (Wildman–Crippen MR) is 67.7 cm³/mol. The second-order valence-electron chi connectivity index (χ2n) is 4.56. The summed E-state index contributed by atoms with van der Waals surface area (Å²) in [5.74, 6) is 0. The van der Waals surface area contributed by atoms with Crippen LogP contribution in [0.2, 0.25) is 0 Å². The third-order valence-electron chi connectivity index (χ3n) is 2.65. The molecular formula is C13H26F3NO. The Morgan fingerprint density at radius 1 is 1.06 bits per heavy atom. The summed E-state index contributed by atoms with van der Waals surface area (Å²) >= 11 is 0. The standard InChI is InChI=1S/C13H26F3NO/c1-3-9-17-12(7-11-18-10-4-2)6-5-8-13(14,15)16/h12,17H,3-11H2,1-2H3. The van der Waals surface area contributed by atoms with Crippen molar-refractivity contribution in [2.45, 2.75) is 64.6 Å². The maximum Gasteiger partial charge on any atom is 0.389 e. The van der Waals surface area contributed by atoms with Gasteiger partial charge < -0.3 is 10.1 Å². The van der Waals surface area contributed by atoms with Crippen LogP contribution in [-0.2, 0) is 4.74 Å². The quantitative estimate of drug-likeness (QED) is 0.574. The monoisotopic (exact) mass is 269 g/mol. The Kier molecular flexibility index (Phi) is 10.4. The summed E-state index contributed by atoms with van der Waals surface area (Å²) < 4.78 is 41.6. The average Bonchev–Trinajstić information content (AvgIpc) is 2.29. The molecule has 5 heteroatoms. The number of rotatable bonds is 11. The molecule has 18 heavy (non-hydrogen) atoms. The highest BCUT2D eigenvalue weighted by molar-refractivity contribution is 4.67. The molecular weight excluding hydrogens is 243 g/mol. The molecule has 0 rings (SSSR count). The van der Waals surface area contributed by atoms with E-state index in [0.717, 1.165) is 32.4 Å². The van der Waals surface area contributed by atoms with E-state index in [-0.39, 0.29) is 12.5 Å². The molecule has 1 atom stereocenters. The van der Waals surface area contributed by atoms with Gasteiger partial charge in [-0.1, -0.05) is 13.8 Å². The SMILES string of the molecule is CCCNC(CCCC(F)(F)F)CCOCCC. The van der Waals surface area contributed by atoms with Gasteiger partial charge in [-0.05, 0) is 38.6 Å². The van der Waals surface area contributed by atoms with Crippen molar-refractivity contribution in [2.75, 3.05) is 19.8 Å². The zero-order valence-corrected chi connectivity index (χ0v) is 11.5. The van der Waals surface area contributed by atoms with Crippen LogP contribution < -0.4 is 5.32 Å². The van der Waals surface area contributed by atoms with Crippen molar-refractivity contribution in [3.63, 3.8) is 0 Å². The number of ether oxygens (including phenoxy) is 1. The van der Waals surface area contributed by atoms with Crippen molar-refractivity contribution in [3.05, 3.63) is 0 Å². The Bertz CT molecular complexity index is 186. The molecule has 110 valence electrons. The van der Waals surface area contributed by atoms with E-state index in [9.17, 15) is 13.2 Å². The largest absolute Gasteiger partial charge is 0.389 e. The maximum atomic E-state index is 12.1. The van der Waals surface area contributed by atoms with E-state index in [4.69, 9.17) is 4.74 Å². The molecule has 0 radical (unpaired) electrons. The van der Waals surface area contributed by atoms with Gasteiger partial charge in [-0.3, -0.25) is 0 Å². The van der Waals surface area contributed by atoms with Gasteiger partial charge in [0.2, 0.25) is 0 Å². The second kappa shape index (κ2) is 10.6. The van der Waals surface area contributed by atoms with Crippen LogP contribution in [-0.4, -0.2) is 32.0 Å². The summed E-state index contributed by atoms with van der Waals surface area (Å²) in [6.45, 7) is 6.29. The zero-order chi connectivity index (χ0) is 13.9. The minimum absolute atomic E-state index is 0.143. The number of nitrogens with one attached hydrogen (secondary N) is 1. The van der Waals surface area contributed by atoms with Gasteiger partial charge in [0.05, 0.1) is 0 Å². The molecule has 0 saturated carbocycles. The molecule has 0 spiro atoms. The molecule has 0 aliphatic carbocycles. The molecule has 0 saturated heterocycles. The predicted octanol–water partition coefficient (Wildman–Crippen LogP) is 3.90. The van der Waals surface area contributed by atoms with Crippen LogP contribution in [0.4, 0.5) is 13.2 Å². The summed E-state index contributed by atoms with van der Waals surface area (Å²) in [4.78, 5) is 0. The van der Waals surface area contributed by atoms with Crippen LogP contribution in [0.1, 0.15) is 52.4 Å². The second-order valence-corrected chi connectivity index (χ2v) is 4.56. The third kappa shape index (κ3) is 12.2. The summed E-state index contributed by atoms with van der Waals surface area (Å²) in [7, 11) is 0. The average molecular weight is 269 g/mol. The molecule has 0 bridgehead atoms. The van der Waals surface area contributed by atoms with Crippen molar-refractivity contribution in [1.29, 1.82) is 0 Å². The number of hydrogen-bond acceptors (Lipinski definition) is 2. The molecule has 1 N–H and O–H groups in total. The summed E-state index contributed by atoms with van der Waals surface area (Å²) in [6.07, 6.45) is -1.21. The molecule has 1 unspecified atom stereocenters. The molecule has 0 aliphatic rings. The van der Waals surface area contributed by atoms with E-state index >= 15 is 0 Å². The van der Waals surface area contributed by atoms with E-state index in [0.29, 0.717) is 13.0 Å². The first-order valence-corrected chi connectivity index (χ1v) is 6.87. The van der Waals surface area contributed by atoms with Crippen LogP contribution >= 0.6 is 0 Å². The fourth-order valence-corrected chi connectivity index (χ4v) is 1.72. The van der Waals surface area contributed by atoms with Gasteiger partial charge in [0.15, 0.2) is 0 Å². The first kappa shape index (κ1) is 17.7. The van der Waals surface area contributed by atoms with Crippen LogP contribution in [0.25, 0.3) is 0 Å². The number of halogens is 3. The highest BCUT2D eigenvalue weighted by Gasteiger charge is 2.26. The van der Waals surface area contributed by atoms with E-state index in [2.05, 4.69) is 5.32 Å². The lowest BCUT2D eigenvalue weighted by molar-refractivity contribution is -0.135. The number of alkyl halides is 3. The molecule has 0 heterocycles. The Morgan fingerprint density at radius 3 is 2.33 bits per heavy atom. The van der Waals surface area contributed by atoms with Crippen molar-refractivity contribution in [3.8, 4) is 0 Å². The molecule has 0 aromatic carbocycles. The van der Waals surface area contributed by atoms with Gasteiger partial charge in [0.1, 0.15) is 0 Å². The van der Waals surface area contributed by atoms with Gasteiger partial charge in [0, 0.05) is 25.7 Å². The van der Waals surface area contributed by atoms with Crippen LogP contribution in [0, 0.1) is 0 Å². The van der Waals surface area contributed by atoms with Crippen molar-refractivity contribution < 1.29 is 17.9 Å². The number of hydrogen-bond donors (Lipinski definition) is 1. The lowest BCUT2D eigenvalue weighted by Gasteiger charge is -2.18. The molecule has 0 fully saturated rings. The topological polar surface area (TPSA) is 21.3 Å². The van der Waals surface area contributed by atoms with Gasteiger partial charge in [-0.25, -0.2) is 0 Å². The van der Waals surface area contributed by atoms with E-state index in [1.54, 1.807) is 0 Å². The lowest BCUT2D eigenvalue weighted by Crippen LogP contribution is -2.31. The fraction of sp³-hybridized carbons (Fsp3) is 1.00. The van der Waals surface area contributed by atoms with E-state index in [1.165, 1.54) is 0 Å². The van der Waals surface area contributed by atoms with Crippen molar-refractivity contribution in [1.82, 2.24) is 5.32 Å². The minimum Gasteiger partial charge on any atom is -0.381 e. The smallest absolute Gasteiger partial charge is 0.381 e. The Labute approximate surface area is 108 Å². The summed E-state index contributed by atoms with van der Waals surface area (Å²) in [5.41, 5.74) is 0. The maximum absolute atomic E-state index is 12.1.